The van der Waals surface area contributed by atoms with Gasteiger partial charge >= 0.3 is 6.03 Å². The lowest BCUT2D eigenvalue weighted by molar-refractivity contribution is 0.194. The van der Waals surface area contributed by atoms with Gasteiger partial charge in [0.15, 0.2) is 0 Å². The number of hydrogen-bond donors (Lipinski definition) is 2. The molecule has 1 saturated carbocycles. The molecule has 0 saturated heterocycles. The molecule has 3 rings (SSSR count). The first-order valence-electron chi connectivity index (χ1n) is 7.04. The molecule has 102 valence electrons. The second-order valence-electron chi connectivity index (χ2n) is 5.75. The first-order chi connectivity index (χ1) is 9.17. The number of amides is 2. The smallest absolute Gasteiger partial charge is 0.322 e. The van der Waals surface area contributed by atoms with Gasteiger partial charge in [0, 0.05) is 31.5 Å². The van der Waals surface area contributed by atoms with Crippen LogP contribution in [0.5, 0.6) is 0 Å². The van der Waals surface area contributed by atoms with Crippen LogP contribution in [0.2, 0.25) is 0 Å². The first-order valence-corrected chi connectivity index (χ1v) is 7.04. The lowest BCUT2D eigenvalue weighted by atomic mass is 10.0. The largest absolute Gasteiger partial charge is 0.388 e. The monoisotopic (exact) mass is 259 g/mol. The van der Waals surface area contributed by atoms with Crippen molar-refractivity contribution < 1.29 is 4.79 Å². The number of urea groups is 1. The van der Waals surface area contributed by atoms with Gasteiger partial charge in [0.25, 0.3) is 0 Å². The fourth-order valence-electron chi connectivity index (χ4n) is 2.77. The van der Waals surface area contributed by atoms with E-state index in [1.54, 1.807) is 0 Å². The fourth-order valence-corrected chi connectivity index (χ4v) is 2.77. The Labute approximate surface area is 114 Å². The summed E-state index contributed by atoms with van der Waals surface area (Å²) in [4.78, 5) is 14.1. The Hall–Kier alpha value is -1.71. The van der Waals surface area contributed by atoms with Gasteiger partial charge in [0.05, 0.1) is 0 Å². The Kier molecular flexibility index (Phi) is 3.09. The van der Waals surface area contributed by atoms with Crippen molar-refractivity contribution in [1.82, 2.24) is 4.90 Å². The molecule has 0 aromatic heterocycles. The van der Waals surface area contributed by atoms with Crippen molar-refractivity contribution in [2.75, 3.05) is 24.2 Å². The average Bonchev–Trinajstić information content (AvgIpc) is 3.23. The van der Waals surface area contributed by atoms with Gasteiger partial charge in [-0.3, -0.25) is 0 Å². The zero-order valence-corrected chi connectivity index (χ0v) is 11.6. The number of rotatable bonds is 4. The summed E-state index contributed by atoms with van der Waals surface area (Å²) in [6.45, 7) is 3.84. The lowest BCUT2D eigenvalue weighted by Crippen LogP contribution is -2.41. The summed E-state index contributed by atoms with van der Waals surface area (Å²) in [6, 6.07) is 6.18. The standard InChI is InChI=1S/C15H21N3O/c1-10(11-3-4-11)8-18-9-12-5-6-13(16-2)7-14(12)17-15(18)19/h5-7,10-11,16H,3-4,8-9H2,1-2H3,(H,17,19). The molecule has 4 nitrogen and oxygen atoms in total. The van der Waals surface area contributed by atoms with Crippen LogP contribution in [0.4, 0.5) is 16.2 Å². The third-order valence-corrected chi connectivity index (χ3v) is 4.22. The number of carbonyl (C=O) groups excluding carboxylic acids is 1. The highest BCUT2D eigenvalue weighted by Gasteiger charge is 2.31. The number of fused-ring (bicyclic) bond motifs is 1. The molecular weight excluding hydrogens is 238 g/mol. The van der Waals surface area contributed by atoms with E-state index in [1.807, 2.05) is 18.0 Å². The van der Waals surface area contributed by atoms with E-state index in [-0.39, 0.29) is 6.03 Å². The third kappa shape index (κ3) is 2.53. The van der Waals surface area contributed by atoms with Crippen LogP contribution in [0.3, 0.4) is 0 Å². The number of carbonyl (C=O) groups is 1. The van der Waals surface area contributed by atoms with Crippen LogP contribution in [0.15, 0.2) is 18.2 Å². The molecule has 0 bridgehead atoms. The Morgan fingerprint density at radius 1 is 1.47 bits per heavy atom. The average molecular weight is 259 g/mol. The Balaban J connectivity index is 1.73. The van der Waals surface area contributed by atoms with Crippen molar-refractivity contribution in [1.29, 1.82) is 0 Å². The molecule has 19 heavy (non-hydrogen) atoms. The maximum Gasteiger partial charge on any atom is 0.322 e. The van der Waals surface area contributed by atoms with Crippen LogP contribution < -0.4 is 10.6 Å². The predicted octanol–water partition coefficient (Wildman–Crippen LogP) is 3.12. The zero-order chi connectivity index (χ0) is 13.4. The SMILES string of the molecule is CNc1ccc2c(c1)NC(=O)N(CC(C)C1CC1)C2. The molecule has 1 aromatic carbocycles. The summed E-state index contributed by atoms with van der Waals surface area (Å²) in [5.41, 5.74) is 3.16. The van der Waals surface area contributed by atoms with E-state index < -0.39 is 0 Å². The molecule has 1 aliphatic carbocycles. The highest BCUT2D eigenvalue weighted by molar-refractivity contribution is 5.93. The van der Waals surface area contributed by atoms with Gasteiger partial charge in [0.1, 0.15) is 0 Å². The van der Waals surface area contributed by atoms with E-state index >= 15 is 0 Å². The van der Waals surface area contributed by atoms with E-state index in [0.717, 1.165) is 30.4 Å². The van der Waals surface area contributed by atoms with Crippen LogP contribution in [0.1, 0.15) is 25.3 Å². The molecule has 1 unspecified atom stereocenters. The van der Waals surface area contributed by atoms with Crippen molar-refractivity contribution in [3.63, 3.8) is 0 Å². The van der Waals surface area contributed by atoms with Gasteiger partial charge < -0.3 is 15.5 Å². The maximum atomic E-state index is 12.1. The Morgan fingerprint density at radius 3 is 2.95 bits per heavy atom. The molecule has 1 atom stereocenters. The molecule has 2 amide bonds. The van der Waals surface area contributed by atoms with Crippen LogP contribution in [-0.4, -0.2) is 24.5 Å². The number of nitrogens with zero attached hydrogens (tertiary/aromatic N) is 1. The Morgan fingerprint density at radius 2 is 2.26 bits per heavy atom. The summed E-state index contributed by atoms with van der Waals surface area (Å²) in [5, 5.41) is 6.09. The van der Waals surface area contributed by atoms with Crippen molar-refractivity contribution in [2.24, 2.45) is 11.8 Å². The summed E-state index contributed by atoms with van der Waals surface area (Å²) in [7, 11) is 1.88. The molecule has 2 aliphatic rings. The van der Waals surface area contributed by atoms with Gasteiger partial charge in [-0.15, -0.1) is 0 Å². The van der Waals surface area contributed by atoms with E-state index in [0.29, 0.717) is 5.92 Å². The van der Waals surface area contributed by atoms with Crippen LogP contribution in [0.25, 0.3) is 0 Å². The quantitative estimate of drug-likeness (QED) is 0.872. The van der Waals surface area contributed by atoms with Crippen molar-refractivity contribution >= 4 is 17.4 Å². The zero-order valence-electron chi connectivity index (χ0n) is 11.6. The second kappa shape index (κ2) is 4.76. The second-order valence-corrected chi connectivity index (χ2v) is 5.75. The molecule has 1 heterocycles. The molecule has 2 N–H and O–H groups in total. The van der Waals surface area contributed by atoms with Crippen molar-refractivity contribution in [3.05, 3.63) is 23.8 Å². The highest BCUT2D eigenvalue weighted by Crippen LogP contribution is 2.37. The van der Waals surface area contributed by atoms with Crippen LogP contribution in [-0.2, 0) is 6.54 Å². The molecule has 0 radical (unpaired) electrons. The number of hydrogen-bond acceptors (Lipinski definition) is 2. The molecule has 1 aliphatic heterocycles. The predicted molar refractivity (Wildman–Crippen MR) is 77.3 cm³/mol. The van der Waals surface area contributed by atoms with Crippen molar-refractivity contribution in [3.8, 4) is 0 Å². The highest BCUT2D eigenvalue weighted by atomic mass is 16.2. The van der Waals surface area contributed by atoms with Crippen LogP contribution in [0, 0.1) is 11.8 Å². The lowest BCUT2D eigenvalue weighted by Gasteiger charge is -2.31. The summed E-state index contributed by atoms with van der Waals surface area (Å²) in [5.74, 6) is 1.45. The van der Waals surface area contributed by atoms with Crippen molar-refractivity contribution in [2.45, 2.75) is 26.3 Å². The van der Waals surface area contributed by atoms with E-state index in [9.17, 15) is 4.79 Å². The van der Waals surface area contributed by atoms with E-state index in [4.69, 9.17) is 0 Å². The van der Waals surface area contributed by atoms with E-state index in [1.165, 1.54) is 18.4 Å². The van der Waals surface area contributed by atoms with Gasteiger partial charge in [-0.1, -0.05) is 13.0 Å². The van der Waals surface area contributed by atoms with Gasteiger partial charge in [0.2, 0.25) is 0 Å². The molecule has 1 fully saturated rings. The Bertz CT molecular complexity index is 496. The minimum Gasteiger partial charge on any atom is -0.388 e. The molecular formula is C15H21N3O. The fraction of sp³-hybridized carbons (Fsp3) is 0.533. The number of benzene rings is 1. The normalized spacial score (nSPS) is 19.7. The summed E-state index contributed by atoms with van der Waals surface area (Å²) in [6.07, 6.45) is 2.66. The summed E-state index contributed by atoms with van der Waals surface area (Å²) >= 11 is 0. The van der Waals surface area contributed by atoms with Gasteiger partial charge in [-0.05, 0) is 42.4 Å². The molecule has 4 heteroatoms. The summed E-state index contributed by atoms with van der Waals surface area (Å²) < 4.78 is 0. The first kappa shape index (κ1) is 12.3. The molecule has 1 aromatic rings. The van der Waals surface area contributed by atoms with Gasteiger partial charge in [-0.2, -0.15) is 0 Å². The molecule has 0 spiro atoms. The topological polar surface area (TPSA) is 44.4 Å². The maximum absolute atomic E-state index is 12.1. The van der Waals surface area contributed by atoms with E-state index in [2.05, 4.69) is 29.7 Å². The number of nitrogens with one attached hydrogen (secondary N) is 2. The third-order valence-electron chi connectivity index (χ3n) is 4.22. The minimum absolute atomic E-state index is 0.0354. The van der Waals surface area contributed by atoms with Crippen LogP contribution >= 0.6 is 0 Å². The van der Waals surface area contributed by atoms with Gasteiger partial charge in [-0.25, -0.2) is 4.79 Å². The number of anilines is 2. The minimum atomic E-state index is 0.0354.